The van der Waals surface area contributed by atoms with Crippen molar-refractivity contribution in [2.75, 3.05) is 0 Å². The number of aromatic nitrogens is 4. The van der Waals surface area contributed by atoms with E-state index in [-0.39, 0.29) is 0 Å². The molecule has 0 saturated heterocycles. The molecule has 2 aromatic rings. The summed E-state index contributed by atoms with van der Waals surface area (Å²) in [5.74, 6) is 0. The van der Waals surface area contributed by atoms with Crippen LogP contribution in [-0.4, -0.2) is 25.1 Å². The summed E-state index contributed by atoms with van der Waals surface area (Å²) in [6, 6.07) is 1.74. The lowest BCUT2D eigenvalue weighted by atomic mass is 10.1. The van der Waals surface area contributed by atoms with Gasteiger partial charge in [-0.3, -0.25) is 4.68 Å². The number of hydrogen-bond acceptors (Lipinski definition) is 4. The highest BCUT2D eigenvalue weighted by Gasteiger charge is 2.12. The fourth-order valence-corrected chi connectivity index (χ4v) is 1.53. The van der Waals surface area contributed by atoms with E-state index >= 15 is 0 Å². The number of rotatable bonds is 4. The summed E-state index contributed by atoms with van der Waals surface area (Å²) >= 11 is 0. The Labute approximate surface area is 93.8 Å². The number of aliphatic hydroxyl groups excluding tert-OH is 1. The Bertz CT molecular complexity index is 440. The van der Waals surface area contributed by atoms with Gasteiger partial charge in [0.2, 0.25) is 0 Å². The Morgan fingerprint density at radius 3 is 2.88 bits per heavy atom. The molecular weight excluding hydrogens is 204 g/mol. The van der Waals surface area contributed by atoms with Crippen molar-refractivity contribution in [2.45, 2.75) is 26.0 Å². The maximum absolute atomic E-state index is 10.1. The van der Waals surface area contributed by atoms with Gasteiger partial charge in [0.1, 0.15) is 6.10 Å². The highest BCUT2D eigenvalue weighted by atomic mass is 16.3. The average Bonchev–Trinajstić information content (AvgIpc) is 2.78. The van der Waals surface area contributed by atoms with Crippen molar-refractivity contribution in [2.24, 2.45) is 0 Å². The highest BCUT2D eigenvalue weighted by molar-refractivity contribution is 5.22. The monoisotopic (exact) mass is 218 g/mol. The van der Waals surface area contributed by atoms with Gasteiger partial charge in [-0.1, -0.05) is 6.92 Å². The molecule has 0 aliphatic carbocycles. The molecule has 0 spiro atoms. The highest BCUT2D eigenvalue weighted by Crippen LogP contribution is 2.19. The first-order valence-electron chi connectivity index (χ1n) is 5.28. The Balaban J connectivity index is 2.17. The smallest absolute Gasteiger partial charge is 0.109 e. The van der Waals surface area contributed by atoms with E-state index in [1.165, 1.54) is 0 Å². The Morgan fingerprint density at radius 2 is 2.19 bits per heavy atom. The number of nitrogens with zero attached hydrogens (tertiary/aromatic N) is 4. The molecular formula is C11H14N4O. The van der Waals surface area contributed by atoms with Crippen molar-refractivity contribution in [1.29, 1.82) is 0 Å². The summed E-state index contributed by atoms with van der Waals surface area (Å²) < 4.78 is 1.83. The summed E-state index contributed by atoms with van der Waals surface area (Å²) in [5, 5.41) is 21.6. The molecule has 0 bridgehead atoms. The molecule has 2 aromatic heterocycles. The van der Waals surface area contributed by atoms with E-state index in [1.807, 2.05) is 10.9 Å². The summed E-state index contributed by atoms with van der Waals surface area (Å²) in [4.78, 5) is 0. The SMILES string of the molecule is CCCn1cc(C(O)c2ccnnc2)cn1. The normalized spacial score (nSPS) is 12.6. The zero-order chi connectivity index (χ0) is 11.4. The second-order valence-corrected chi connectivity index (χ2v) is 3.62. The van der Waals surface area contributed by atoms with Crippen LogP contribution in [0.1, 0.15) is 30.6 Å². The van der Waals surface area contributed by atoms with Crippen LogP contribution in [0.25, 0.3) is 0 Å². The first-order chi connectivity index (χ1) is 7.81. The third kappa shape index (κ3) is 2.25. The van der Waals surface area contributed by atoms with E-state index in [0.717, 1.165) is 24.1 Å². The van der Waals surface area contributed by atoms with Crippen molar-refractivity contribution in [3.05, 3.63) is 42.0 Å². The van der Waals surface area contributed by atoms with Gasteiger partial charge in [0.15, 0.2) is 0 Å². The van der Waals surface area contributed by atoms with Crippen LogP contribution in [0.4, 0.5) is 0 Å². The first-order valence-corrected chi connectivity index (χ1v) is 5.28. The van der Waals surface area contributed by atoms with Gasteiger partial charge in [-0.15, -0.1) is 0 Å². The second-order valence-electron chi connectivity index (χ2n) is 3.62. The maximum atomic E-state index is 10.1. The van der Waals surface area contributed by atoms with E-state index in [9.17, 15) is 5.11 Å². The van der Waals surface area contributed by atoms with Crippen LogP contribution in [-0.2, 0) is 6.54 Å². The largest absolute Gasteiger partial charge is 0.383 e. The molecule has 16 heavy (non-hydrogen) atoms. The van der Waals surface area contributed by atoms with Crippen LogP contribution in [0.15, 0.2) is 30.9 Å². The molecule has 0 aliphatic rings. The Morgan fingerprint density at radius 1 is 1.31 bits per heavy atom. The first kappa shape index (κ1) is 10.8. The van der Waals surface area contributed by atoms with Crippen LogP contribution in [0, 0.1) is 0 Å². The molecule has 2 rings (SSSR count). The predicted molar refractivity (Wildman–Crippen MR) is 58.6 cm³/mol. The van der Waals surface area contributed by atoms with Gasteiger partial charge in [0, 0.05) is 30.1 Å². The summed E-state index contributed by atoms with van der Waals surface area (Å²) in [5.41, 5.74) is 1.51. The van der Waals surface area contributed by atoms with Crippen molar-refractivity contribution in [1.82, 2.24) is 20.0 Å². The lowest BCUT2D eigenvalue weighted by Gasteiger charge is -2.06. The van der Waals surface area contributed by atoms with E-state index in [1.54, 1.807) is 24.7 Å². The van der Waals surface area contributed by atoms with Crippen LogP contribution in [0.2, 0.25) is 0 Å². The quantitative estimate of drug-likeness (QED) is 0.836. The lowest BCUT2D eigenvalue weighted by Crippen LogP contribution is -2.00. The molecule has 1 N–H and O–H groups in total. The zero-order valence-corrected chi connectivity index (χ0v) is 9.11. The molecule has 0 fully saturated rings. The number of aliphatic hydroxyl groups is 1. The van der Waals surface area contributed by atoms with Gasteiger partial charge in [-0.2, -0.15) is 15.3 Å². The minimum Gasteiger partial charge on any atom is -0.383 e. The van der Waals surface area contributed by atoms with Gasteiger partial charge in [-0.05, 0) is 12.5 Å². The van der Waals surface area contributed by atoms with Crippen LogP contribution >= 0.6 is 0 Å². The molecule has 2 heterocycles. The molecule has 5 heteroatoms. The van der Waals surface area contributed by atoms with Gasteiger partial charge < -0.3 is 5.11 Å². The van der Waals surface area contributed by atoms with Crippen molar-refractivity contribution < 1.29 is 5.11 Å². The summed E-state index contributed by atoms with van der Waals surface area (Å²) in [6.45, 7) is 2.95. The summed E-state index contributed by atoms with van der Waals surface area (Å²) in [7, 11) is 0. The lowest BCUT2D eigenvalue weighted by molar-refractivity contribution is 0.219. The average molecular weight is 218 g/mol. The van der Waals surface area contributed by atoms with Crippen LogP contribution in [0.3, 0.4) is 0 Å². The van der Waals surface area contributed by atoms with Gasteiger partial charge in [0.25, 0.3) is 0 Å². The molecule has 0 radical (unpaired) electrons. The minimum atomic E-state index is -0.680. The fourth-order valence-electron chi connectivity index (χ4n) is 1.53. The van der Waals surface area contributed by atoms with Crippen molar-refractivity contribution >= 4 is 0 Å². The number of hydrogen-bond donors (Lipinski definition) is 1. The minimum absolute atomic E-state index is 0.680. The topological polar surface area (TPSA) is 63.8 Å². The summed E-state index contributed by atoms with van der Waals surface area (Å²) in [6.07, 6.45) is 7.00. The Kier molecular flexibility index (Phi) is 3.26. The molecule has 0 amide bonds. The molecule has 0 aromatic carbocycles. The third-order valence-electron chi connectivity index (χ3n) is 2.34. The molecule has 0 saturated carbocycles. The molecule has 1 atom stereocenters. The molecule has 84 valence electrons. The van der Waals surface area contributed by atoms with Gasteiger partial charge >= 0.3 is 0 Å². The van der Waals surface area contributed by atoms with E-state index in [4.69, 9.17) is 0 Å². The third-order valence-corrected chi connectivity index (χ3v) is 2.34. The van der Waals surface area contributed by atoms with E-state index in [2.05, 4.69) is 22.2 Å². The maximum Gasteiger partial charge on any atom is 0.109 e. The second kappa shape index (κ2) is 4.85. The molecule has 1 unspecified atom stereocenters. The molecule has 0 aliphatic heterocycles. The Hall–Kier alpha value is -1.75. The van der Waals surface area contributed by atoms with Gasteiger partial charge in [-0.25, -0.2) is 0 Å². The van der Waals surface area contributed by atoms with Crippen LogP contribution in [0.5, 0.6) is 0 Å². The van der Waals surface area contributed by atoms with Crippen LogP contribution < -0.4 is 0 Å². The standard InChI is InChI=1S/C11H14N4O/c1-2-5-15-8-10(7-14-15)11(16)9-3-4-12-13-6-9/h3-4,6-8,11,16H,2,5H2,1H3. The molecule has 5 nitrogen and oxygen atoms in total. The fraction of sp³-hybridized carbons (Fsp3) is 0.364. The van der Waals surface area contributed by atoms with E-state index < -0.39 is 6.10 Å². The van der Waals surface area contributed by atoms with Crippen molar-refractivity contribution in [3.63, 3.8) is 0 Å². The number of aryl methyl sites for hydroxylation is 1. The van der Waals surface area contributed by atoms with Crippen molar-refractivity contribution in [3.8, 4) is 0 Å². The van der Waals surface area contributed by atoms with Gasteiger partial charge in [0.05, 0.1) is 12.4 Å². The van der Waals surface area contributed by atoms with E-state index in [0.29, 0.717) is 0 Å². The predicted octanol–water partition coefficient (Wildman–Crippen LogP) is 1.16. The zero-order valence-electron chi connectivity index (χ0n) is 9.11.